The fourth-order valence-corrected chi connectivity index (χ4v) is 1.30. The number of hydrogen-bond acceptors (Lipinski definition) is 4. The number of benzene rings is 1. The van der Waals surface area contributed by atoms with E-state index in [-0.39, 0.29) is 16.8 Å². The molecule has 0 fully saturated rings. The van der Waals surface area contributed by atoms with Crippen LogP contribution < -0.4 is 10.5 Å². The van der Waals surface area contributed by atoms with Crippen molar-refractivity contribution in [2.45, 2.75) is 0 Å². The van der Waals surface area contributed by atoms with Gasteiger partial charge in [0.2, 0.25) is 0 Å². The lowest BCUT2D eigenvalue weighted by Crippen LogP contribution is -2.99. The highest BCUT2D eigenvalue weighted by Crippen LogP contribution is 2.17. The highest BCUT2D eigenvalue weighted by atomic mass is 16.8. The van der Waals surface area contributed by atoms with Crippen molar-refractivity contribution in [1.29, 1.82) is 0 Å². The Morgan fingerprint density at radius 2 is 1.86 bits per heavy atom. The van der Waals surface area contributed by atoms with Gasteiger partial charge in [-0.3, -0.25) is 14.9 Å². The second-order valence-corrected chi connectivity index (χ2v) is 2.85. The monoisotopic (exact) mass is 194 g/mol. The molecule has 1 unspecified atom stereocenters. The molecule has 2 amide bonds. The van der Waals surface area contributed by atoms with Crippen molar-refractivity contribution in [2.75, 3.05) is 0 Å². The quantitative estimate of drug-likeness (QED) is 0.393. The van der Waals surface area contributed by atoms with Crippen molar-refractivity contribution in [3.8, 4) is 0 Å². The molecular weight excluding hydrogens is 188 g/mol. The molecule has 14 heavy (non-hydrogen) atoms. The SMILES string of the molecule is O=C1NC(=O)c2cc([NH+]([O-])O)ccc21. The summed E-state index contributed by atoms with van der Waals surface area (Å²) in [5.41, 5.74) is 0.337. The van der Waals surface area contributed by atoms with Gasteiger partial charge in [-0.25, -0.2) is 5.21 Å². The van der Waals surface area contributed by atoms with Crippen LogP contribution in [0.3, 0.4) is 0 Å². The number of amides is 2. The van der Waals surface area contributed by atoms with E-state index in [2.05, 4.69) is 5.32 Å². The third-order valence-corrected chi connectivity index (χ3v) is 1.98. The summed E-state index contributed by atoms with van der Waals surface area (Å²) in [4.78, 5) is 22.2. The van der Waals surface area contributed by atoms with Crippen molar-refractivity contribution in [3.05, 3.63) is 34.5 Å². The lowest BCUT2D eigenvalue weighted by molar-refractivity contribution is -0.991. The first kappa shape index (κ1) is 8.82. The van der Waals surface area contributed by atoms with Crippen LogP contribution in [-0.4, -0.2) is 17.0 Å². The minimum absolute atomic E-state index is 0.00593. The van der Waals surface area contributed by atoms with Crippen LogP contribution in [0.15, 0.2) is 18.2 Å². The zero-order valence-electron chi connectivity index (χ0n) is 6.90. The molecule has 0 bridgehead atoms. The van der Waals surface area contributed by atoms with E-state index in [1.807, 2.05) is 0 Å². The first-order chi connectivity index (χ1) is 6.59. The van der Waals surface area contributed by atoms with Crippen molar-refractivity contribution in [1.82, 2.24) is 5.32 Å². The molecule has 1 heterocycles. The fourth-order valence-electron chi connectivity index (χ4n) is 1.30. The summed E-state index contributed by atoms with van der Waals surface area (Å²) in [5.74, 6) is -1.03. The van der Waals surface area contributed by atoms with Gasteiger partial charge in [-0.15, -0.1) is 0 Å². The fraction of sp³-hybridized carbons (Fsp3) is 0. The molecule has 3 N–H and O–H groups in total. The third-order valence-electron chi connectivity index (χ3n) is 1.98. The third kappa shape index (κ3) is 1.18. The first-order valence-electron chi connectivity index (χ1n) is 3.82. The minimum atomic E-state index is -1.13. The standard InChI is InChI=1S/C8H6N2O4/c11-7-5-2-1-4(10(13)14)3-6(5)8(12)9-7/h1-3,10,13H,(H,9,11,12). The maximum atomic E-state index is 11.1. The Morgan fingerprint density at radius 1 is 1.21 bits per heavy atom. The summed E-state index contributed by atoms with van der Waals surface area (Å²) in [6.07, 6.45) is 0. The molecule has 0 radical (unpaired) electrons. The summed E-state index contributed by atoms with van der Waals surface area (Å²) >= 11 is 0. The lowest BCUT2D eigenvalue weighted by Gasteiger charge is -2.11. The van der Waals surface area contributed by atoms with E-state index >= 15 is 0 Å². The number of carbonyl (C=O) groups is 2. The average Bonchev–Trinajstić information content (AvgIpc) is 2.42. The summed E-state index contributed by atoms with van der Waals surface area (Å²) in [6.45, 7) is 0. The van der Waals surface area contributed by atoms with Crippen molar-refractivity contribution < 1.29 is 20.0 Å². The highest BCUT2D eigenvalue weighted by Gasteiger charge is 2.27. The molecule has 6 heteroatoms. The van der Waals surface area contributed by atoms with Crippen LogP contribution in [0, 0.1) is 5.21 Å². The zero-order valence-corrected chi connectivity index (χ0v) is 6.90. The molecule has 0 saturated heterocycles. The molecular formula is C8H6N2O4. The van der Waals surface area contributed by atoms with Crippen LogP contribution in [0.25, 0.3) is 0 Å². The first-order valence-corrected chi connectivity index (χ1v) is 3.82. The molecule has 0 aliphatic carbocycles. The minimum Gasteiger partial charge on any atom is -0.595 e. The molecule has 6 nitrogen and oxygen atoms in total. The van der Waals surface area contributed by atoms with Crippen molar-refractivity contribution in [2.24, 2.45) is 0 Å². The number of carbonyl (C=O) groups excluding carboxylic acids is 2. The highest BCUT2D eigenvalue weighted by molar-refractivity contribution is 6.21. The van der Waals surface area contributed by atoms with E-state index < -0.39 is 17.0 Å². The van der Waals surface area contributed by atoms with Crippen LogP contribution in [0.4, 0.5) is 5.69 Å². The summed E-state index contributed by atoms with van der Waals surface area (Å²) in [5, 5.41) is 20.2. The molecule has 72 valence electrons. The number of quaternary nitrogens is 1. The maximum absolute atomic E-state index is 11.1. The molecule has 1 atom stereocenters. The second-order valence-electron chi connectivity index (χ2n) is 2.85. The number of fused-ring (bicyclic) bond motifs is 1. The van der Waals surface area contributed by atoms with Crippen LogP contribution in [-0.2, 0) is 0 Å². The van der Waals surface area contributed by atoms with E-state index in [1.165, 1.54) is 18.2 Å². The van der Waals surface area contributed by atoms with Gasteiger partial charge in [0.25, 0.3) is 11.8 Å². The summed E-state index contributed by atoms with van der Waals surface area (Å²) < 4.78 is 0. The Morgan fingerprint density at radius 3 is 2.50 bits per heavy atom. The Hall–Kier alpha value is -1.76. The molecule has 1 aliphatic heterocycles. The predicted octanol–water partition coefficient (Wildman–Crippen LogP) is -1.03. The van der Waals surface area contributed by atoms with Crippen LogP contribution in [0.1, 0.15) is 20.7 Å². The van der Waals surface area contributed by atoms with E-state index in [0.717, 1.165) is 0 Å². The van der Waals surface area contributed by atoms with E-state index in [0.29, 0.717) is 0 Å². The number of imide groups is 1. The van der Waals surface area contributed by atoms with Gasteiger partial charge in [0.05, 0.1) is 11.1 Å². The smallest absolute Gasteiger partial charge is 0.259 e. The Kier molecular flexibility index (Phi) is 1.81. The van der Waals surface area contributed by atoms with Gasteiger partial charge in [0, 0.05) is 12.1 Å². The van der Waals surface area contributed by atoms with Gasteiger partial charge in [-0.2, -0.15) is 5.23 Å². The van der Waals surface area contributed by atoms with Gasteiger partial charge in [-0.05, 0) is 6.07 Å². The van der Waals surface area contributed by atoms with Gasteiger partial charge in [0.1, 0.15) is 0 Å². The number of rotatable bonds is 1. The van der Waals surface area contributed by atoms with Gasteiger partial charge < -0.3 is 5.21 Å². The molecule has 0 aromatic heterocycles. The molecule has 0 saturated carbocycles. The Bertz CT molecular complexity index is 427. The van der Waals surface area contributed by atoms with Gasteiger partial charge >= 0.3 is 0 Å². The van der Waals surface area contributed by atoms with E-state index in [4.69, 9.17) is 5.21 Å². The van der Waals surface area contributed by atoms with Crippen molar-refractivity contribution in [3.63, 3.8) is 0 Å². The van der Waals surface area contributed by atoms with Crippen LogP contribution in [0.2, 0.25) is 0 Å². The topological polar surface area (TPSA) is 93.9 Å². The van der Waals surface area contributed by atoms with E-state index in [1.54, 1.807) is 0 Å². The molecule has 2 rings (SSSR count). The van der Waals surface area contributed by atoms with Crippen molar-refractivity contribution >= 4 is 17.5 Å². The maximum Gasteiger partial charge on any atom is 0.259 e. The Balaban J connectivity index is 2.55. The number of hydrogen-bond donors (Lipinski definition) is 3. The average molecular weight is 194 g/mol. The lowest BCUT2D eigenvalue weighted by atomic mass is 10.1. The second kappa shape index (κ2) is 2.88. The Labute approximate surface area is 78.3 Å². The zero-order chi connectivity index (χ0) is 10.3. The van der Waals surface area contributed by atoms with Crippen LogP contribution >= 0.6 is 0 Å². The normalized spacial score (nSPS) is 16.4. The van der Waals surface area contributed by atoms with Gasteiger partial charge in [0.15, 0.2) is 5.69 Å². The largest absolute Gasteiger partial charge is 0.595 e. The summed E-state index contributed by atoms with van der Waals surface area (Å²) in [7, 11) is 0. The van der Waals surface area contributed by atoms with E-state index in [9.17, 15) is 14.8 Å². The molecule has 1 aliphatic rings. The molecule has 1 aromatic carbocycles. The number of nitrogens with one attached hydrogen (secondary N) is 2. The predicted molar refractivity (Wildman–Crippen MR) is 44.0 cm³/mol. The molecule has 0 spiro atoms. The molecule has 1 aromatic rings. The van der Waals surface area contributed by atoms with Crippen LogP contribution in [0.5, 0.6) is 0 Å². The van der Waals surface area contributed by atoms with Gasteiger partial charge in [-0.1, -0.05) is 0 Å². The summed E-state index contributed by atoms with van der Waals surface area (Å²) in [6, 6.07) is 3.82.